The molecule has 3 heterocycles. The number of hydrogen-bond acceptors (Lipinski definition) is 5. The van der Waals surface area contributed by atoms with Crippen molar-refractivity contribution in [2.24, 2.45) is 0 Å². The minimum Gasteiger partial charge on any atom is -0.478 e. The van der Waals surface area contributed by atoms with Crippen LogP contribution in [0.25, 0.3) is 0 Å². The van der Waals surface area contributed by atoms with Crippen molar-refractivity contribution in [1.82, 2.24) is 0 Å². The number of hydrogen-bond donors (Lipinski definition) is 1. The van der Waals surface area contributed by atoms with Gasteiger partial charge in [0, 0.05) is 6.08 Å². The zero-order valence-electron chi connectivity index (χ0n) is 11.6. The van der Waals surface area contributed by atoms with E-state index in [0.717, 1.165) is 44.0 Å². The highest BCUT2D eigenvalue weighted by Crippen LogP contribution is 2.43. The number of epoxide rings is 2. The molecule has 6 heteroatoms. The van der Waals surface area contributed by atoms with Crippen LogP contribution in [-0.2, 0) is 19.0 Å². The van der Waals surface area contributed by atoms with Crippen molar-refractivity contribution in [3.05, 3.63) is 36.9 Å². The number of para-hydroxylation sites is 2. The molecule has 2 unspecified atom stereocenters. The summed E-state index contributed by atoms with van der Waals surface area (Å²) in [5, 5.41) is 7.60. The van der Waals surface area contributed by atoms with Gasteiger partial charge in [-0.15, -0.1) is 0 Å². The lowest BCUT2D eigenvalue weighted by Crippen LogP contribution is -2.06. The van der Waals surface area contributed by atoms with E-state index in [-0.39, 0.29) is 0 Å². The Morgan fingerprint density at radius 1 is 1.24 bits per heavy atom. The van der Waals surface area contributed by atoms with Gasteiger partial charge < -0.3 is 24.1 Å². The predicted molar refractivity (Wildman–Crippen MR) is 74.6 cm³/mol. The highest BCUT2D eigenvalue weighted by molar-refractivity contribution is 5.78. The fourth-order valence-corrected chi connectivity index (χ4v) is 1.27. The summed E-state index contributed by atoms with van der Waals surface area (Å²) >= 11 is 0. The van der Waals surface area contributed by atoms with Gasteiger partial charge in [0.1, 0.15) is 12.2 Å². The molecule has 2 fully saturated rings. The summed E-state index contributed by atoms with van der Waals surface area (Å²) < 4.78 is 20.1. The molecule has 0 amide bonds. The fourth-order valence-electron chi connectivity index (χ4n) is 1.27. The summed E-state index contributed by atoms with van der Waals surface area (Å²) in [6.45, 7) is 6.22. The average molecular weight is 294 g/mol. The molecular weight excluding hydrogens is 276 g/mol. The van der Waals surface area contributed by atoms with Crippen LogP contribution < -0.4 is 4.74 Å². The van der Waals surface area contributed by atoms with Crippen LogP contribution in [0.2, 0.25) is 0 Å². The van der Waals surface area contributed by atoms with Gasteiger partial charge in [0.05, 0.1) is 26.4 Å². The fraction of sp³-hybridized carbons (Fsp3) is 0.400. The maximum absolute atomic E-state index is 9.25. The molecular formula is C15H18O6. The van der Waals surface area contributed by atoms with Crippen LogP contribution in [0.1, 0.15) is 0 Å². The molecule has 1 aromatic carbocycles. The molecule has 1 aromatic rings. The Morgan fingerprint density at radius 3 is 1.95 bits per heavy atom. The first-order valence-electron chi connectivity index (χ1n) is 6.62. The van der Waals surface area contributed by atoms with Crippen molar-refractivity contribution in [3.63, 3.8) is 0 Å². The zero-order valence-corrected chi connectivity index (χ0v) is 11.6. The number of carboxylic acids is 1. The van der Waals surface area contributed by atoms with Crippen LogP contribution >= 0.6 is 0 Å². The molecule has 6 nitrogen and oxygen atoms in total. The minimum absolute atomic E-state index is 0.392. The van der Waals surface area contributed by atoms with E-state index in [0.29, 0.717) is 12.2 Å². The summed E-state index contributed by atoms with van der Waals surface area (Å²) in [7, 11) is 0. The number of carbonyl (C=O) groups is 1. The van der Waals surface area contributed by atoms with E-state index in [2.05, 4.69) is 6.58 Å². The molecule has 2 saturated heterocycles. The first-order valence-corrected chi connectivity index (χ1v) is 6.62. The van der Waals surface area contributed by atoms with Gasteiger partial charge in [0.15, 0.2) is 11.5 Å². The number of rotatable bonds is 5. The molecule has 0 spiro atoms. The Labute approximate surface area is 122 Å². The van der Waals surface area contributed by atoms with Gasteiger partial charge in [-0.2, -0.15) is 0 Å². The number of ether oxygens (including phenoxy) is 4. The summed E-state index contributed by atoms with van der Waals surface area (Å²) in [5.74, 6) is 1.08. The van der Waals surface area contributed by atoms with Crippen LogP contribution in [0, 0.1) is 0 Å². The lowest BCUT2D eigenvalue weighted by atomic mass is 10.4. The molecule has 2 atom stereocenters. The maximum atomic E-state index is 9.25. The van der Waals surface area contributed by atoms with Crippen LogP contribution in [0.5, 0.6) is 11.5 Å². The third kappa shape index (κ3) is 7.45. The molecule has 0 saturated carbocycles. The van der Waals surface area contributed by atoms with Crippen LogP contribution in [0.3, 0.4) is 0 Å². The van der Waals surface area contributed by atoms with E-state index < -0.39 is 5.97 Å². The largest absolute Gasteiger partial charge is 0.478 e. The molecule has 21 heavy (non-hydrogen) atoms. The summed E-state index contributed by atoms with van der Waals surface area (Å²) in [6, 6.07) is 7.84. The Kier molecular flexibility index (Phi) is 5.74. The zero-order chi connectivity index (χ0) is 15.1. The van der Waals surface area contributed by atoms with Gasteiger partial charge in [0.25, 0.3) is 0 Å². The van der Waals surface area contributed by atoms with Crippen molar-refractivity contribution >= 4 is 5.97 Å². The molecule has 114 valence electrons. The highest BCUT2D eigenvalue weighted by Gasteiger charge is 2.26. The lowest BCUT2D eigenvalue weighted by molar-refractivity contribution is -0.131. The normalized spacial score (nSPS) is 22.1. The molecule has 0 bridgehead atoms. The molecule has 0 radical (unpaired) electrons. The van der Waals surface area contributed by atoms with E-state index in [1.54, 1.807) is 0 Å². The lowest BCUT2D eigenvalue weighted by Gasteiger charge is -1.95. The molecule has 3 aliphatic heterocycles. The summed E-state index contributed by atoms with van der Waals surface area (Å²) in [5.41, 5.74) is 0. The summed E-state index contributed by atoms with van der Waals surface area (Å²) in [4.78, 5) is 9.25. The van der Waals surface area contributed by atoms with Crippen molar-refractivity contribution < 1.29 is 28.8 Å². The third-order valence-electron chi connectivity index (χ3n) is 2.61. The molecule has 0 aromatic heterocycles. The third-order valence-corrected chi connectivity index (χ3v) is 2.61. The van der Waals surface area contributed by atoms with Gasteiger partial charge in [-0.25, -0.2) is 4.79 Å². The molecule has 4 rings (SSSR count). The average Bonchev–Trinajstić information content (AvgIpc) is 3.36. The van der Waals surface area contributed by atoms with E-state index in [9.17, 15) is 4.79 Å². The second-order valence-corrected chi connectivity index (χ2v) is 4.54. The second-order valence-electron chi connectivity index (χ2n) is 4.54. The van der Waals surface area contributed by atoms with Crippen LogP contribution in [0.4, 0.5) is 0 Å². The Hall–Kier alpha value is -1.89. The van der Waals surface area contributed by atoms with E-state index in [1.807, 2.05) is 24.3 Å². The predicted octanol–water partition coefficient (Wildman–Crippen LogP) is 1.85. The van der Waals surface area contributed by atoms with Gasteiger partial charge in [-0.05, 0) is 12.1 Å². The van der Waals surface area contributed by atoms with Crippen LogP contribution in [-0.4, -0.2) is 49.7 Å². The van der Waals surface area contributed by atoms with Crippen molar-refractivity contribution in [1.29, 1.82) is 0 Å². The minimum atomic E-state index is -0.981. The standard InChI is InChI=1S/C6H10O3.C6H4O.C3H4O2/c1(5-3-8-5)7-2-6-4-9-6;1-2-4-6-5(3-1)7-6;1-2-3(4)5/h5-6H,1-4H2;1-4H;2H,1H2,(H,4,5). The van der Waals surface area contributed by atoms with Crippen molar-refractivity contribution in [3.8, 4) is 11.5 Å². The Bertz CT molecular complexity index is 446. The summed E-state index contributed by atoms with van der Waals surface area (Å²) in [6.07, 6.45) is 1.62. The maximum Gasteiger partial charge on any atom is 0.327 e. The van der Waals surface area contributed by atoms with Gasteiger partial charge in [-0.3, -0.25) is 0 Å². The van der Waals surface area contributed by atoms with Gasteiger partial charge >= 0.3 is 5.97 Å². The monoisotopic (exact) mass is 294 g/mol. The molecule has 0 aliphatic carbocycles. The van der Waals surface area contributed by atoms with Crippen LogP contribution in [0.15, 0.2) is 36.9 Å². The Morgan fingerprint density at radius 2 is 1.67 bits per heavy atom. The molecule has 3 aliphatic rings. The molecule has 1 N–H and O–H groups in total. The second kappa shape index (κ2) is 7.78. The Balaban J connectivity index is 0.000000121. The first-order chi connectivity index (χ1) is 10.2. The van der Waals surface area contributed by atoms with E-state index in [4.69, 9.17) is 24.1 Å². The van der Waals surface area contributed by atoms with Gasteiger partial charge in [-0.1, -0.05) is 18.7 Å². The van der Waals surface area contributed by atoms with E-state index >= 15 is 0 Å². The SMILES string of the molecule is C(OCC1CO1)C1CO1.C=CC(=O)O.c1ccc2c(c1)O2. The van der Waals surface area contributed by atoms with Gasteiger partial charge in [0.2, 0.25) is 0 Å². The highest BCUT2D eigenvalue weighted by atomic mass is 16.6. The van der Waals surface area contributed by atoms with Crippen molar-refractivity contribution in [2.45, 2.75) is 12.2 Å². The number of benzene rings is 1. The van der Waals surface area contributed by atoms with E-state index in [1.165, 1.54) is 0 Å². The van der Waals surface area contributed by atoms with Crippen molar-refractivity contribution in [2.75, 3.05) is 26.4 Å². The smallest absolute Gasteiger partial charge is 0.327 e. The quantitative estimate of drug-likeness (QED) is 0.669. The number of aliphatic carboxylic acids is 1. The topological polar surface area (TPSA) is 84.1 Å². The first kappa shape index (κ1) is 15.5. The number of fused-ring (bicyclic) bond motifs is 1. The number of carboxylic acid groups (broad SMARTS) is 1.